The number of anilines is 1. The van der Waals surface area contributed by atoms with E-state index >= 15 is 0 Å². The highest BCUT2D eigenvalue weighted by Gasteiger charge is 2.27. The molecule has 1 aliphatic carbocycles. The Bertz CT molecular complexity index is 844. The van der Waals surface area contributed by atoms with Gasteiger partial charge in [0.05, 0.1) is 11.4 Å². The van der Waals surface area contributed by atoms with Crippen LogP contribution in [0.2, 0.25) is 0 Å². The summed E-state index contributed by atoms with van der Waals surface area (Å²) in [6, 6.07) is 8.43. The van der Waals surface area contributed by atoms with Crippen molar-refractivity contribution in [2.45, 2.75) is 31.7 Å². The van der Waals surface area contributed by atoms with Crippen LogP contribution >= 0.6 is 0 Å². The Morgan fingerprint density at radius 1 is 1.42 bits per heavy atom. The topological polar surface area (TPSA) is 109 Å². The van der Waals surface area contributed by atoms with Crippen LogP contribution in [0, 0.1) is 17.1 Å². The molecule has 0 bridgehead atoms. The van der Waals surface area contributed by atoms with Gasteiger partial charge in [-0.1, -0.05) is 0 Å². The molecule has 136 valence electrons. The van der Waals surface area contributed by atoms with E-state index in [-0.39, 0.29) is 11.6 Å². The molecule has 0 saturated heterocycles. The monoisotopic (exact) mass is 355 g/mol. The van der Waals surface area contributed by atoms with Crippen LogP contribution in [0.3, 0.4) is 0 Å². The normalized spacial score (nSPS) is 14.3. The molecule has 26 heavy (non-hydrogen) atoms. The van der Waals surface area contributed by atoms with Gasteiger partial charge in [0.1, 0.15) is 23.3 Å². The van der Waals surface area contributed by atoms with Gasteiger partial charge in [0.15, 0.2) is 5.96 Å². The number of nitrogens with zero attached hydrogens (tertiary/aromatic N) is 5. The molecule has 0 radical (unpaired) electrons. The number of nitrogens with two attached hydrogens (primary N) is 2. The van der Waals surface area contributed by atoms with E-state index in [0.29, 0.717) is 48.3 Å². The summed E-state index contributed by atoms with van der Waals surface area (Å²) in [5.74, 6) is 0.460. The molecule has 1 aromatic carbocycles. The maximum Gasteiger partial charge on any atom is 0.191 e. The van der Waals surface area contributed by atoms with Crippen molar-refractivity contribution < 1.29 is 4.39 Å². The lowest BCUT2D eigenvalue weighted by Crippen LogP contribution is -2.35. The summed E-state index contributed by atoms with van der Waals surface area (Å²) in [6.45, 7) is 0.553. The number of aryl methyl sites for hydroxylation is 1. The summed E-state index contributed by atoms with van der Waals surface area (Å²) in [4.78, 5) is 6.38. The predicted octanol–water partition coefficient (Wildman–Crippen LogP) is 1.81. The largest absolute Gasteiger partial charge is 0.382 e. The number of hydrogen-bond acceptors (Lipinski definition) is 4. The maximum atomic E-state index is 13.1. The Balaban J connectivity index is 1.68. The molecule has 0 unspecified atom stereocenters. The molecule has 0 aliphatic heterocycles. The quantitative estimate of drug-likeness (QED) is 0.466. The molecule has 0 spiro atoms. The van der Waals surface area contributed by atoms with Gasteiger partial charge in [-0.2, -0.15) is 10.4 Å². The van der Waals surface area contributed by atoms with Gasteiger partial charge in [-0.25, -0.2) is 9.07 Å². The van der Waals surface area contributed by atoms with Gasteiger partial charge in [-0.3, -0.25) is 4.99 Å². The van der Waals surface area contributed by atoms with Crippen LogP contribution in [0.4, 0.5) is 10.2 Å². The SMILES string of the molecule is CN(C(N)=NCCCc1nn(-c2ccc(F)cc2)c(N)c1C#N)C1CC1. The van der Waals surface area contributed by atoms with Crippen LogP contribution < -0.4 is 11.5 Å². The van der Waals surface area contributed by atoms with Gasteiger partial charge in [-0.05, 0) is 49.9 Å². The second kappa shape index (κ2) is 7.44. The van der Waals surface area contributed by atoms with Gasteiger partial charge < -0.3 is 16.4 Å². The molecule has 1 heterocycles. The number of nitrogen functional groups attached to an aromatic ring is 1. The molecule has 1 aromatic heterocycles. The number of halogens is 1. The molecule has 0 amide bonds. The zero-order valence-corrected chi connectivity index (χ0v) is 14.7. The Kier molecular flexibility index (Phi) is 5.07. The van der Waals surface area contributed by atoms with Gasteiger partial charge in [0.2, 0.25) is 0 Å². The van der Waals surface area contributed by atoms with Crippen LogP contribution in [-0.4, -0.2) is 40.3 Å². The minimum atomic E-state index is -0.341. The van der Waals surface area contributed by atoms with Crippen LogP contribution in [0.1, 0.15) is 30.5 Å². The summed E-state index contributed by atoms with van der Waals surface area (Å²) in [5.41, 5.74) is 13.6. The van der Waals surface area contributed by atoms with Gasteiger partial charge in [0, 0.05) is 19.6 Å². The minimum absolute atomic E-state index is 0.255. The third-order valence-electron chi connectivity index (χ3n) is 4.48. The molecular formula is C18H22FN7. The minimum Gasteiger partial charge on any atom is -0.382 e. The zero-order chi connectivity index (χ0) is 18.7. The lowest BCUT2D eigenvalue weighted by atomic mass is 10.1. The molecule has 8 heteroatoms. The molecular weight excluding hydrogens is 333 g/mol. The van der Waals surface area contributed by atoms with Crippen molar-refractivity contribution in [2.24, 2.45) is 10.7 Å². The van der Waals surface area contributed by atoms with Crippen LogP contribution in [-0.2, 0) is 6.42 Å². The summed E-state index contributed by atoms with van der Waals surface area (Å²) in [7, 11) is 1.95. The first-order valence-electron chi connectivity index (χ1n) is 8.57. The third kappa shape index (κ3) is 3.77. The smallest absolute Gasteiger partial charge is 0.191 e. The van der Waals surface area contributed by atoms with Crippen molar-refractivity contribution in [3.05, 3.63) is 41.3 Å². The highest BCUT2D eigenvalue weighted by Crippen LogP contribution is 2.25. The predicted molar refractivity (Wildman–Crippen MR) is 98.2 cm³/mol. The first-order chi connectivity index (χ1) is 12.5. The fourth-order valence-electron chi connectivity index (χ4n) is 2.75. The lowest BCUT2D eigenvalue weighted by Gasteiger charge is -2.16. The second-order valence-electron chi connectivity index (χ2n) is 6.39. The first kappa shape index (κ1) is 17.7. The van der Waals surface area contributed by atoms with Crippen LogP contribution in [0.25, 0.3) is 5.69 Å². The van der Waals surface area contributed by atoms with Crippen molar-refractivity contribution in [3.8, 4) is 11.8 Å². The number of aromatic nitrogens is 2. The standard InChI is InChI=1S/C18H22FN7/c1-25(13-8-9-13)18(22)23-10-2-3-16-15(11-20)17(21)26(24-16)14-6-4-12(19)5-7-14/h4-7,13H,2-3,8-10,21H2,1H3,(H2,22,23). The molecule has 0 atom stereocenters. The Morgan fingerprint density at radius 3 is 2.73 bits per heavy atom. The summed E-state index contributed by atoms with van der Waals surface area (Å²) < 4.78 is 14.6. The fraction of sp³-hybridized carbons (Fsp3) is 0.389. The van der Waals surface area contributed by atoms with Crippen molar-refractivity contribution in [2.75, 3.05) is 19.3 Å². The third-order valence-corrected chi connectivity index (χ3v) is 4.48. The van der Waals surface area contributed by atoms with E-state index in [1.807, 2.05) is 11.9 Å². The molecule has 2 aromatic rings. The van der Waals surface area contributed by atoms with Crippen molar-refractivity contribution >= 4 is 11.8 Å². The Hall–Kier alpha value is -3.08. The second-order valence-corrected chi connectivity index (χ2v) is 6.39. The maximum absolute atomic E-state index is 13.1. The number of rotatable bonds is 6. The average molecular weight is 355 g/mol. The number of benzene rings is 1. The fourth-order valence-corrected chi connectivity index (χ4v) is 2.75. The van der Waals surface area contributed by atoms with Gasteiger partial charge >= 0.3 is 0 Å². The first-order valence-corrected chi connectivity index (χ1v) is 8.57. The van der Waals surface area contributed by atoms with Crippen LogP contribution in [0.15, 0.2) is 29.3 Å². The van der Waals surface area contributed by atoms with E-state index in [1.165, 1.54) is 29.7 Å². The van der Waals surface area contributed by atoms with Crippen molar-refractivity contribution in [3.63, 3.8) is 0 Å². The molecule has 4 N–H and O–H groups in total. The van der Waals surface area contributed by atoms with E-state index in [0.717, 1.165) is 0 Å². The van der Waals surface area contributed by atoms with Crippen molar-refractivity contribution in [1.82, 2.24) is 14.7 Å². The number of guanidine groups is 1. The summed E-state index contributed by atoms with van der Waals surface area (Å²) >= 11 is 0. The van der Waals surface area contributed by atoms with Crippen molar-refractivity contribution in [1.29, 1.82) is 5.26 Å². The molecule has 1 saturated carbocycles. The van der Waals surface area contributed by atoms with Gasteiger partial charge in [-0.15, -0.1) is 0 Å². The summed E-state index contributed by atoms with van der Waals surface area (Å²) in [6.07, 6.45) is 3.59. The molecule has 3 rings (SSSR count). The lowest BCUT2D eigenvalue weighted by molar-refractivity contribution is 0.487. The average Bonchev–Trinajstić information content (AvgIpc) is 3.43. The highest BCUT2D eigenvalue weighted by atomic mass is 19.1. The summed E-state index contributed by atoms with van der Waals surface area (Å²) in [5, 5.41) is 13.8. The number of aliphatic imine (C=N–C) groups is 1. The Morgan fingerprint density at radius 2 is 2.12 bits per heavy atom. The molecule has 1 fully saturated rings. The van der Waals surface area contributed by atoms with Crippen LogP contribution in [0.5, 0.6) is 0 Å². The number of hydrogen-bond donors (Lipinski definition) is 2. The van der Waals surface area contributed by atoms with Gasteiger partial charge in [0.25, 0.3) is 0 Å². The van der Waals surface area contributed by atoms with E-state index < -0.39 is 0 Å². The molecule has 1 aliphatic rings. The Labute approximate surface area is 151 Å². The number of nitriles is 1. The van der Waals surface area contributed by atoms with E-state index in [2.05, 4.69) is 16.2 Å². The van der Waals surface area contributed by atoms with E-state index in [9.17, 15) is 9.65 Å². The highest BCUT2D eigenvalue weighted by molar-refractivity contribution is 5.78. The van der Waals surface area contributed by atoms with E-state index in [1.54, 1.807) is 12.1 Å². The molecule has 7 nitrogen and oxygen atoms in total. The van der Waals surface area contributed by atoms with E-state index in [4.69, 9.17) is 11.5 Å². The zero-order valence-electron chi connectivity index (χ0n) is 14.7.